The summed E-state index contributed by atoms with van der Waals surface area (Å²) in [4.78, 5) is 20.5. The van der Waals surface area contributed by atoms with Gasteiger partial charge in [-0.05, 0) is 5.92 Å². The first-order chi connectivity index (χ1) is 7.02. The number of carboxylic acid groups (broad SMARTS) is 1. The molecular formula is C10H15N3O2. The first kappa shape index (κ1) is 11.4. The van der Waals surface area contributed by atoms with Crippen molar-refractivity contribution in [3.63, 3.8) is 0 Å². The van der Waals surface area contributed by atoms with Crippen molar-refractivity contribution in [3.05, 3.63) is 18.1 Å². The molecule has 0 aromatic carbocycles. The summed E-state index contributed by atoms with van der Waals surface area (Å²) in [6, 6.07) is 0. The Kier molecular flexibility index (Phi) is 3.60. The number of aromatic carboxylic acids is 1. The zero-order valence-corrected chi connectivity index (χ0v) is 9.14. The Hall–Kier alpha value is -1.65. The van der Waals surface area contributed by atoms with Gasteiger partial charge in [-0.2, -0.15) is 0 Å². The van der Waals surface area contributed by atoms with Gasteiger partial charge in [-0.1, -0.05) is 13.8 Å². The molecule has 5 heteroatoms. The van der Waals surface area contributed by atoms with Crippen LogP contribution < -0.4 is 4.90 Å². The molecule has 0 fully saturated rings. The van der Waals surface area contributed by atoms with Crippen LogP contribution in [0.1, 0.15) is 24.3 Å². The fourth-order valence-electron chi connectivity index (χ4n) is 1.40. The molecule has 1 N–H and O–H groups in total. The Morgan fingerprint density at radius 1 is 1.47 bits per heavy atom. The zero-order valence-electron chi connectivity index (χ0n) is 9.14. The summed E-state index contributed by atoms with van der Waals surface area (Å²) in [6.45, 7) is 4.87. The molecule has 0 atom stereocenters. The predicted octanol–water partition coefficient (Wildman–Crippen LogP) is 1.27. The molecule has 0 aliphatic heterocycles. The minimum atomic E-state index is -1.05. The Bertz CT molecular complexity index is 352. The largest absolute Gasteiger partial charge is 0.476 e. The lowest BCUT2D eigenvalue weighted by Crippen LogP contribution is -2.26. The van der Waals surface area contributed by atoms with Crippen molar-refractivity contribution < 1.29 is 9.90 Å². The van der Waals surface area contributed by atoms with E-state index < -0.39 is 5.97 Å². The molecule has 0 aliphatic rings. The van der Waals surface area contributed by atoms with Gasteiger partial charge in [0.2, 0.25) is 0 Å². The molecule has 1 aromatic rings. The Morgan fingerprint density at radius 2 is 2.07 bits per heavy atom. The van der Waals surface area contributed by atoms with E-state index in [2.05, 4.69) is 23.8 Å². The third-order valence-electron chi connectivity index (χ3n) is 1.88. The number of anilines is 1. The van der Waals surface area contributed by atoms with Gasteiger partial charge < -0.3 is 10.0 Å². The zero-order chi connectivity index (χ0) is 11.4. The number of carbonyl (C=O) groups is 1. The summed E-state index contributed by atoms with van der Waals surface area (Å²) in [6.07, 6.45) is 2.88. The molecule has 1 aromatic heterocycles. The number of hydrogen-bond acceptors (Lipinski definition) is 4. The van der Waals surface area contributed by atoms with Crippen molar-refractivity contribution in [2.45, 2.75) is 13.8 Å². The van der Waals surface area contributed by atoms with Crippen LogP contribution in [0.5, 0.6) is 0 Å². The summed E-state index contributed by atoms with van der Waals surface area (Å²) < 4.78 is 0. The molecule has 0 saturated heterocycles. The maximum absolute atomic E-state index is 10.9. The minimum absolute atomic E-state index is 0.000602. The van der Waals surface area contributed by atoms with Gasteiger partial charge in [-0.3, -0.25) is 0 Å². The fraction of sp³-hybridized carbons (Fsp3) is 0.500. The first-order valence-electron chi connectivity index (χ1n) is 4.77. The van der Waals surface area contributed by atoms with Crippen LogP contribution in [0.4, 0.5) is 5.82 Å². The van der Waals surface area contributed by atoms with Crippen molar-refractivity contribution in [2.24, 2.45) is 5.92 Å². The lowest BCUT2D eigenvalue weighted by Gasteiger charge is -2.20. The van der Waals surface area contributed by atoms with Crippen LogP contribution in [0.2, 0.25) is 0 Å². The predicted molar refractivity (Wildman–Crippen MR) is 57.1 cm³/mol. The lowest BCUT2D eigenvalue weighted by atomic mass is 10.2. The number of carboxylic acids is 1. The highest BCUT2D eigenvalue weighted by molar-refractivity contribution is 5.90. The number of hydrogen-bond donors (Lipinski definition) is 1. The van der Waals surface area contributed by atoms with Crippen molar-refractivity contribution in [2.75, 3.05) is 18.5 Å². The SMILES string of the molecule is CC(C)CN(C)c1nccnc1C(=O)O. The monoisotopic (exact) mass is 209 g/mol. The third kappa shape index (κ3) is 2.90. The maximum atomic E-state index is 10.9. The van der Waals surface area contributed by atoms with Crippen LogP contribution in [0, 0.1) is 5.92 Å². The highest BCUT2D eigenvalue weighted by Gasteiger charge is 2.16. The van der Waals surface area contributed by atoms with Crippen LogP contribution in [-0.4, -0.2) is 34.6 Å². The number of nitrogens with zero attached hydrogens (tertiary/aromatic N) is 3. The summed E-state index contributed by atoms with van der Waals surface area (Å²) >= 11 is 0. The molecule has 0 amide bonds. The summed E-state index contributed by atoms with van der Waals surface area (Å²) in [5, 5.41) is 8.92. The summed E-state index contributed by atoms with van der Waals surface area (Å²) in [7, 11) is 1.82. The van der Waals surface area contributed by atoms with E-state index in [-0.39, 0.29) is 5.69 Å². The molecule has 0 saturated carbocycles. The van der Waals surface area contributed by atoms with E-state index >= 15 is 0 Å². The molecule has 1 rings (SSSR count). The van der Waals surface area contributed by atoms with Crippen molar-refractivity contribution >= 4 is 11.8 Å². The Balaban J connectivity index is 2.97. The van der Waals surface area contributed by atoms with E-state index in [4.69, 9.17) is 5.11 Å². The second kappa shape index (κ2) is 4.72. The molecule has 0 unspecified atom stereocenters. The molecule has 0 bridgehead atoms. The first-order valence-corrected chi connectivity index (χ1v) is 4.77. The van der Waals surface area contributed by atoms with Crippen LogP contribution in [0.3, 0.4) is 0 Å². The molecule has 0 spiro atoms. The van der Waals surface area contributed by atoms with E-state index in [1.165, 1.54) is 12.4 Å². The quantitative estimate of drug-likeness (QED) is 0.808. The number of aromatic nitrogens is 2. The van der Waals surface area contributed by atoms with E-state index in [0.29, 0.717) is 11.7 Å². The maximum Gasteiger partial charge on any atom is 0.358 e. The molecule has 0 aliphatic carbocycles. The Labute approximate surface area is 88.8 Å². The fourth-order valence-corrected chi connectivity index (χ4v) is 1.40. The van der Waals surface area contributed by atoms with Gasteiger partial charge in [-0.25, -0.2) is 14.8 Å². The summed E-state index contributed by atoms with van der Waals surface area (Å²) in [5.74, 6) is -0.189. The summed E-state index contributed by atoms with van der Waals surface area (Å²) in [5.41, 5.74) is 0.000602. The van der Waals surface area contributed by atoms with Crippen LogP contribution in [-0.2, 0) is 0 Å². The van der Waals surface area contributed by atoms with Gasteiger partial charge in [0.25, 0.3) is 0 Å². The minimum Gasteiger partial charge on any atom is -0.476 e. The van der Waals surface area contributed by atoms with E-state index in [9.17, 15) is 4.79 Å². The van der Waals surface area contributed by atoms with Gasteiger partial charge >= 0.3 is 5.97 Å². The highest BCUT2D eigenvalue weighted by Crippen LogP contribution is 2.14. The average Bonchev–Trinajstić information content (AvgIpc) is 2.16. The van der Waals surface area contributed by atoms with Gasteiger partial charge in [0.15, 0.2) is 11.5 Å². The topological polar surface area (TPSA) is 66.3 Å². The number of rotatable bonds is 4. The Morgan fingerprint density at radius 3 is 2.60 bits per heavy atom. The van der Waals surface area contributed by atoms with Crippen LogP contribution in [0.15, 0.2) is 12.4 Å². The van der Waals surface area contributed by atoms with Crippen LogP contribution >= 0.6 is 0 Å². The van der Waals surface area contributed by atoms with Crippen molar-refractivity contribution in [3.8, 4) is 0 Å². The second-order valence-electron chi connectivity index (χ2n) is 3.81. The van der Waals surface area contributed by atoms with Crippen LogP contribution in [0.25, 0.3) is 0 Å². The van der Waals surface area contributed by atoms with E-state index in [0.717, 1.165) is 6.54 Å². The average molecular weight is 209 g/mol. The lowest BCUT2D eigenvalue weighted by molar-refractivity contribution is 0.0690. The van der Waals surface area contributed by atoms with E-state index in [1.807, 2.05) is 7.05 Å². The van der Waals surface area contributed by atoms with Gasteiger partial charge in [0.05, 0.1) is 0 Å². The van der Waals surface area contributed by atoms with Gasteiger partial charge in [0.1, 0.15) is 0 Å². The van der Waals surface area contributed by atoms with Gasteiger partial charge in [0, 0.05) is 26.0 Å². The van der Waals surface area contributed by atoms with Crippen molar-refractivity contribution in [1.29, 1.82) is 0 Å². The molecule has 5 nitrogen and oxygen atoms in total. The molecule has 82 valence electrons. The van der Waals surface area contributed by atoms with E-state index in [1.54, 1.807) is 4.90 Å². The van der Waals surface area contributed by atoms with Gasteiger partial charge in [-0.15, -0.1) is 0 Å². The molecular weight excluding hydrogens is 194 g/mol. The standard InChI is InChI=1S/C10H15N3O2/c1-7(2)6-13(3)9-8(10(14)15)11-4-5-12-9/h4-5,7H,6H2,1-3H3,(H,14,15). The highest BCUT2D eigenvalue weighted by atomic mass is 16.4. The smallest absolute Gasteiger partial charge is 0.358 e. The second-order valence-corrected chi connectivity index (χ2v) is 3.81. The molecule has 0 radical (unpaired) electrons. The van der Waals surface area contributed by atoms with Crippen molar-refractivity contribution in [1.82, 2.24) is 9.97 Å². The third-order valence-corrected chi connectivity index (χ3v) is 1.88. The molecule has 1 heterocycles. The normalized spacial score (nSPS) is 10.4. The molecule has 15 heavy (non-hydrogen) atoms.